The number of anilines is 2. The highest BCUT2D eigenvalue weighted by Gasteiger charge is 2.51. The lowest BCUT2D eigenvalue weighted by molar-refractivity contribution is -0.384. The van der Waals surface area contributed by atoms with Gasteiger partial charge < -0.3 is 23.5 Å². The highest BCUT2D eigenvalue weighted by Crippen LogP contribution is 2.37. The van der Waals surface area contributed by atoms with E-state index in [1.165, 1.54) is 24.3 Å². The van der Waals surface area contributed by atoms with Crippen molar-refractivity contribution >= 4 is 52.6 Å². The lowest BCUT2D eigenvalue weighted by Gasteiger charge is -2.32. The normalized spacial score (nSPS) is 14.8. The predicted molar refractivity (Wildman–Crippen MR) is 173 cm³/mol. The molecule has 0 bridgehead atoms. The van der Waals surface area contributed by atoms with E-state index in [2.05, 4.69) is 10.6 Å². The maximum absolute atomic E-state index is 12.9. The molecular formula is C33H34BN3O9. The fourth-order valence-electron chi connectivity index (χ4n) is 4.86. The van der Waals surface area contributed by atoms with Crippen LogP contribution in [0.4, 0.5) is 26.7 Å². The zero-order valence-corrected chi connectivity index (χ0v) is 26.1. The van der Waals surface area contributed by atoms with Crippen LogP contribution in [0.15, 0.2) is 78.9 Å². The average molecular weight is 627 g/mol. The van der Waals surface area contributed by atoms with Crippen LogP contribution in [0.1, 0.15) is 38.8 Å². The van der Waals surface area contributed by atoms with E-state index in [4.69, 9.17) is 23.5 Å². The van der Waals surface area contributed by atoms with Crippen molar-refractivity contribution in [2.45, 2.75) is 52.1 Å². The number of methoxy groups -OCH3 is 1. The second kappa shape index (κ2) is 13.1. The Hall–Kier alpha value is -5.14. The molecule has 46 heavy (non-hydrogen) atoms. The van der Waals surface area contributed by atoms with Crippen molar-refractivity contribution in [2.75, 3.05) is 17.7 Å². The summed E-state index contributed by atoms with van der Waals surface area (Å²) in [6, 6.07) is 21.7. The van der Waals surface area contributed by atoms with E-state index in [0.717, 1.165) is 16.2 Å². The molecular weight excluding hydrogens is 593 g/mol. The minimum absolute atomic E-state index is 0.0353. The summed E-state index contributed by atoms with van der Waals surface area (Å²) in [5.74, 6) is 0.535. The number of fused-ring (bicyclic) bond motifs is 1. The molecule has 1 saturated heterocycles. The van der Waals surface area contributed by atoms with E-state index in [0.29, 0.717) is 28.3 Å². The SMILES string of the molecule is COc1cc(B2OC(C)(C)C(C)(C)O2)ccc1COC(=O)Nc1ccc(COC(=O)Nc2ccc([N+](=O)[O-])cc2)c2ccccc12. The summed E-state index contributed by atoms with van der Waals surface area (Å²) >= 11 is 0. The van der Waals surface area contributed by atoms with Gasteiger partial charge in [0.1, 0.15) is 19.0 Å². The van der Waals surface area contributed by atoms with Crippen molar-refractivity contribution in [2.24, 2.45) is 0 Å². The molecule has 13 heteroatoms. The van der Waals surface area contributed by atoms with Crippen LogP contribution < -0.4 is 20.8 Å². The monoisotopic (exact) mass is 627 g/mol. The minimum Gasteiger partial charge on any atom is -0.496 e. The van der Waals surface area contributed by atoms with Gasteiger partial charge >= 0.3 is 19.3 Å². The molecule has 0 aromatic heterocycles. The van der Waals surface area contributed by atoms with Gasteiger partial charge in [-0.3, -0.25) is 20.7 Å². The number of nitro benzene ring substituents is 1. The Labute approximate surface area is 266 Å². The van der Waals surface area contributed by atoms with Gasteiger partial charge in [-0.05, 0) is 68.4 Å². The second-order valence-corrected chi connectivity index (χ2v) is 11.7. The van der Waals surface area contributed by atoms with Crippen LogP contribution in [0, 0.1) is 10.1 Å². The first kappa shape index (κ1) is 32.3. The lowest BCUT2D eigenvalue weighted by atomic mass is 9.78. The largest absolute Gasteiger partial charge is 0.496 e. The molecule has 0 saturated carbocycles. The summed E-state index contributed by atoms with van der Waals surface area (Å²) in [5.41, 5.74) is 2.00. The fraction of sp³-hybridized carbons (Fsp3) is 0.273. The van der Waals surface area contributed by atoms with Crippen molar-refractivity contribution < 1.29 is 38.0 Å². The first-order valence-electron chi connectivity index (χ1n) is 14.5. The minimum atomic E-state index is -0.719. The lowest BCUT2D eigenvalue weighted by Crippen LogP contribution is -2.41. The second-order valence-electron chi connectivity index (χ2n) is 11.7. The van der Waals surface area contributed by atoms with E-state index < -0.39 is 35.4 Å². The molecule has 0 aliphatic carbocycles. The quantitative estimate of drug-likeness (QED) is 0.120. The Balaban J connectivity index is 1.20. The highest BCUT2D eigenvalue weighted by molar-refractivity contribution is 6.62. The summed E-state index contributed by atoms with van der Waals surface area (Å²) in [6.45, 7) is 7.86. The number of nitrogens with one attached hydrogen (secondary N) is 2. The topological polar surface area (TPSA) is 147 Å². The third kappa shape index (κ3) is 7.06. The van der Waals surface area contributed by atoms with Crippen LogP contribution in [0.3, 0.4) is 0 Å². The Bertz CT molecular complexity index is 1760. The molecule has 1 heterocycles. The summed E-state index contributed by atoms with van der Waals surface area (Å²) in [7, 11) is 0.993. The molecule has 1 fully saturated rings. The third-order valence-electron chi connectivity index (χ3n) is 8.13. The van der Waals surface area contributed by atoms with E-state index in [-0.39, 0.29) is 18.9 Å². The number of amides is 2. The van der Waals surface area contributed by atoms with Crippen molar-refractivity contribution in [3.8, 4) is 5.75 Å². The van der Waals surface area contributed by atoms with Gasteiger partial charge in [-0.1, -0.05) is 42.5 Å². The number of nitrogens with zero attached hydrogens (tertiary/aromatic N) is 1. The molecule has 0 unspecified atom stereocenters. The van der Waals surface area contributed by atoms with Crippen LogP contribution in [0.2, 0.25) is 0 Å². The van der Waals surface area contributed by atoms with Gasteiger partial charge in [0.25, 0.3) is 5.69 Å². The van der Waals surface area contributed by atoms with E-state index in [1.54, 1.807) is 19.2 Å². The molecule has 238 valence electrons. The predicted octanol–water partition coefficient (Wildman–Crippen LogP) is 6.55. The first-order valence-corrected chi connectivity index (χ1v) is 14.5. The van der Waals surface area contributed by atoms with Crippen molar-refractivity contribution in [1.82, 2.24) is 0 Å². The number of ether oxygens (including phenoxy) is 3. The van der Waals surface area contributed by atoms with Gasteiger partial charge in [-0.15, -0.1) is 0 Å². The number of nitro groups is 1. The van der Waals surface area contributed by atoms with Crippen LogP contribution in [-0.2, 0) is 32.0 Å². The maximum Gasteiger partial charge on any atom is 0.494 e. The summed E-state index contributed by atoms with van der Waals surface area (Å²) in [4.78, 5) is 35.5. The maximum atomic E-state index is 12.9. The number of non-ortho nitro benzene ring substituents is 1. The van der Waals surface area contributed by atoms with Gasteiger partial charge in [0.05, 0.1) is 28.9 Å². The number of carbonyl (C=O) groups excluding carboxylic acids is 2. The third-order valence-corrected chi connectivity index (χ3v) is 8.13. The number of benzene rings is 4. The molecule has 1 aliphatic heterocycles. The zero-order valence-electron chi connectivity index (χ0n) is 26.1. The van der Waals surface area contributed by atoms with Crippen LogP contribution in [0.25, 0.3) is 10.8 Å². The molecule has 5 rings (SSSR count). The molecule has 1 aliphatic rings. The zero-order chi connectivity index (χ0) is 33.1. The van der Waals surface area contributed by atoms with Crippen LogP contribution in [0.5, 0.6) is 5.75 Å². The van der Waals surface area contributed by atoms with Gasteiger partial charge in [0.2, 0.25) is 0 Å². The Kier molecular flexibility index (Phi) is 9.17. The fourth-order valence-corrected chi connectivity index (χ4v) is 4.86. The van der Waals surface area contributed by atoms with Gasteiger partial charge in [-0.25, -0.2) is 9.59 Å². The molecule has 0 spiro atoms. The molecule has 2 N–H and O–H groups in total. The molecule has 4 aromatic rings. The van der Waals surface area contributed by atoms with Crippen molar-refractivity contribution in [3.05, 3.63) is 100 Å². The molecule has 0 radical (unpaired) electrons. The number of carbonyl (C=O) groups is 2. The van der Waals surface area contributed by atoms with Gasteiger partial charge in [-0.2, -0.15) is 0 Å². The first-order chi connectivity index (χ1) is 21.9. The van der Waals surface area contributed by atoms with E-state index >= 15 is 0 Å². The molecule has 12 nitrogen and oxygen atoms in total. The van der Waals surface area contributed by atoms with E-state index in [1.807, 2.05) is 70.2 Å². The van der Waals surface area contributed by atoms with Gasteiger partial charge in [0.15, 0.2) is 0 Å². The molecule has 4 aromatic carbocycles. The number of rotatable bonds is 9. The smallest absolute Gasteiger partial charge is 0.494 e. The molecule has 0 atom stereocenters. The van der Waals surface area contributed by atoms with Gasteiger partial charge in [0, 0.05) is 28.8 Å². The Morgan fingerprint density at radius 1 is 0.804 bits per heavy atom. The average Bonchev–Trinajstić information content (AvgIpc) is 3.25. The summed E-state index contributed by atoms with van der Waals surface area (Å²) < 4.78 is 28.8. The summed E-state index contributed by atoms with van der Waals surface area (Å²) in [6.07, 6.45) is -1.38. The van der Waals surface area contributed by atoms with Crippen LogP contribution >= 0.6 is 0 Å². The van der Waals surface area contributed by atoms with E-state index in [9.17, 15) is 19.7 Å². The Morgan fingerprint density at radius 2 is 1.39 bits per heavy atom. The van der Waals surface area contributed by atoms with Crippen LogP contribution in [-0.4, -0.2) is 42.5 Å². The number of hydrogen-bond donors (Lipinski definition) is 2. The van der Waals surface area contributed by atoms with Crippen molar-refractivity contribution in [1.29, 1.82) is 0 Å². The number of hydrogen-bond acceptors (Lipinski definition) is 9. The standard InChI is InChI=1S/C33H34BN3O9/c1-32(2)33(3,4)46-34(45-32)23-12-10-22(29(18-23)42-5)20-44-31(39)36-28-17-11-21(26-8-6-7-9-27(26)28)19-43-30(38)35-24-13-15-25(16-14-24)37(40)41/h6-18H,19-20H2,1-5H3,(H,35,38)(H,36,39). The summed E-state index contributed by atoms with van der Waals surface area (Å²) in [5, 5.41) is 17.7. The highest BCUT2D eigenvalue weighted by atomic mass is 16.7. The Morgan fingerprint density at radius 3 is 2.02 bits per heavy atom. The van der Waals surface area contributed by atoms with Crippen molar-refractivity contribution in [3.63, 3.8) is 0 Å². The molecule has 2 amide bonds.